The third-order valence-electron chi connectivity index (χ3n) is 9.43. The second-order valence-electron chi connectivity index (χ2n) is 11.8. The van der Waals surface area contributed by atoms with E-state index in [1.807, 2.05) is 0 Å². The van der Waals surface area contributed by atoms with Crippen molar-refractivity contribution in [3.05, 3.63) is 0 Å². The number of carbonyl (C=O) groups excluding carboxylic acids is 2. The summed E-state index contributed by atoms with van der Waals surface area (Å²) in [6.07, 6.45) is 6.54. The lowest BCUT2D eigenvalue weighted by Crippen LogP contribution is -2.50. The van der Waals surface area contributed by atoms with Crippen LogP contribution in [0.1, 0.15) is 85.0 Å². The summed E-state index contributed by atoms with van der Waals surface area (Å²) in [5.74, 6) is -3.37. The third-order valence-corrected chi connectivity index (χ3v) is 10.4. The van der Waals surface area contributed by atoms with E-state index in [-0.39, 0.29) is 28.6 Å². The number of halogens is 2. The number of amides is 2. The number of carboxylic acid groups (broad SMARTS) is 2. The largest absolute Gasteiger partial charge is 0.481 e. The topological polar surface area (TPSA) is 133 Å². The molecule has 3 saturated carbocycles. The molecule has 0 saturated heterocycles. The minimum absolute atomic E-state index is 0.00858. The van der Waals surface area contributed by atoms with Crippen LogP contribution in [0.3, 0.4) is 0 Å². The summed E-state index contributed by atoms with van der Waals surface area (Å²) < 4.78 is 0. The molecule has 0 radical (unpaired) electrons. The van der Waals surface area contributed by atoms with Crippen molar-refractivity contribution < 1.29 is 29.4 Å². The van der Waals surface area contributed by atoms with Gasteiger partial charge in [-0.2, -0.15) is 0 Å². The molecule has 36 heavy (non-hydrogen) atoms. The van der Waals surface area contributed by atoms with Gasteiger partial charge in [-0.05, 0) is 76.0 Å². The summed E-state index contributed by atoms with van der Waals surface area (Å²) in [4.78, 5) is 49.7. The van der Waals surface area contributed by atoms with Crippen molar-refractivity contribution in [1.29, 1.82) is 0 Å². The monoisotopic (exact) mass is 546 g/mol. The van der Waals surface area contributed by atoms with Crippen LogP contribution < -0.4 is 10.6 Å². The van der Waals surface area contributed by atoms with Crippen molar-refractivity contribution in [2.24, 2.45) is 28.6 Å². The van der Waals surface area contributed by atoms with Crippen molar-refractivity contribution in [3.8, 4) is 0 Å². The Hall–Kier alpha value is -1.54. The Bertz CT molecular complexity index is 849. The van der Waals surface area contributed by atoms with Gasteiger partial charge in [-0.25, -0.2) is 4.79 Å². The molecule has 3 rings (SSSR count). The lowest BCUT2D eigenvalue weighted by Gasteiger charge is -2.38. The van der Waals surface area contributed by atoms with Gasteiger partial charge >= 0.3 is 11.9 Å². The molecule has 3 aliphatic rings. The molecule has 4 N–H and O–H groups in total. The molecule has 5 atom stereocenters. The van der Waals surface area contributed by atoms with Gasteiger partial charge in [-0.1, -0.05) is 20.3 Å². The molecule has 0 aromatic rings. The molecule has 0 heterocycles. The van der Waals surface area contributed by atoms with Gasteiger partial charge in [0.05, 0.1) is 11.3 Å². The van der Waals surface area contributed by atoms with E-state index in [9.17, 15) is 29.4 Å². The van der Waals surface area contributed by atoms with E-state index in [4.69, 9.17) is 23.2 Å². The summed E-state index contributed by atoms with van der Waals surface area (Å²) in [5.41, 5.74) is -1.84. The van der Waals surface area contributed by atoms with Gasteiger partial charge in [-0.15, -0.1) is 23.2 Å². The number of alkyl halides is 2. The lowest BCUT2D eigenvalue weighted by molar-refractivity contribution is -0.156. The molecule has 3 aliphatic carbocycles. The Balaban J connectivity index is 1.52. The highest BCUT2D eigenvalue weighted by Crippen LogP contribution is 2.56. The third kappa shape index (κ3) is 5.95. The number of hydrogen-bond donors (Lipinski definition) is 4. The summed E-state index contributed by atoms with van der Waals surface area (Å²) in [6.45, 7) is 5.20. The van der Waals surface area contributed by atoms with E-state index < -0.39 is 46.6 Å². The van der Waals surface area contributed by atoms with Gasteiger partial charge in [0.15, 0.2) is 0 Å². The van der Waals surface area contributed by atoms with Crippen LogP contribution in [0.5, 0.6) is 0 Å². The van der Waals surface area contributed by atoms with Crippen LogP contribution in [0, 0.1) is 28.6 Å². The fraction of sp³-hybridized carbons (Fsp3) is 0.846. The fourth-order valence-electron chi connectivity index (χ4n) is 6.43. The van der Waals surface area contributed by atoms with Crippen LogP contribution in [0.4, 0.5) is 0 Å². The van der Waals surface area contributed by atoms with E-state index in [1.54, 1.807) is 20.8 Å². The van der Waals surface area contributed by atoms with E-state index in [0.29, 0.717) is 19.3 Å². The van der Waals surface area contributed by atoms with E-state index in [1.165, 1.54) is 0 Å². The van der Waals surface area contributed by atoms with Gasteiger partial charge in [0, 0.05) is 22.7 Å². The highest BCUT2D eigenvalue weighted by molar-refractivity contribution is 6.26. The minimum Gasteiger partial charge on any atom is -0.481 e. The molecule has 0 aromatic heterocycles. The maximum atomic E-state index is 13.1. The highest BCUT2D eigenvalue weighted by atomic mass is 35.5. The molecule has 0 bridgehead atoms. The van der Waals surface area contributed by atoms with Gasteiger partial charge in [0.2, 0.25) is 11.8 Å². The molecule has 0 aliphatic heterocycles. The van der Waals surface area contributed by atoms with E-state index in [2.05, 4.69) is 10.6 Å². The normalized spacial score (nSPS) is 37.0. The predicted molar refractivity (Wildman–Crippen MR) is 137 cm³/mol. The SMILES string of the molecule is CC1(C)[C@@H](C(=O)N[C@@H](CC2CCC(NC(=O)C3C(Cl)CCCC3Cl)CC2)C(=O)O)CC[C@@]1(C)C(=O)O. The van der Waals surface area contributed by atoms with Crippen LogP contribution in [-0.2, 0) is 19.2 Å². The summed E-state index contributed by atoms with van der Waals surface area (Å²) in [7, 11) is 0. The average Bonchev–Trinajstić information content (AvgIpc) is 3.04. The zero-order valence-electron chi connectivity index (χ0n) is 21.4. The Morgan fingerprint density at radius 2 is 1.47 bits per heavy atom. The van der Waals surface area contributed by atoms with Crippen LogP contribution in [0.25, 0.3) is 0 Å². The van der Waals surface area contributed by atoms with Gasteiger partial charge in [0.1, 0.15) is 6.04 Å². The molecular formula is C26H40Cl2N2O6. The Kier molecular flexibility index (Phi) is 9.24. The van der Waals surface area contributed by atoms with E-state index in [0.717, 1.165) is 44.9 Å². The maximum Gasteiger partial charge on any atom is 0.326 e. The maximum absolute atomic E-state index is 13.1. The number of nitrogens with one attached hydrogen (secondary N) is 2. The number of carbonyl (C=O) groups is 4. The molecule has 10 heteroatoms. The van der Waals surface area contributed by atoms with Crippen LogP contribution >= 0.6 is 23.2 Å². The zero-order valence-corrected chi connectivity index (χ0v) is 22.9. The average molecular weight is 548 g/mol. The number of aliphatic carboxylic acids is 2. The summed E-state index contributed by atoms with van der Waals surface area (Å²) in [5, 5.41) is 24.8. The van der Waals surface area contributed by atoms with Crippen molar-refractivity contribution in [3.63, 3.8) is 0 Å². The second kappa shape index (κ2) is 11.5. The van der Waals surface area contributed by atoms with Gasteiger partial charge in [-0.3, -0.25) is 14.4 Å². The Morgan fingerprint density at radius 3 is 1.97 bits per heavy atom. The zero-order chi connectivity index (χ0) is 26.8. The number of carboxylic acids is 2. The molecule has 8 nitrogen and oxygen atoms in total. The molecule has 2 unspecified atom stereocenters. The standard InChI is InChI=1S/C26H40Cl2N2O6/c1-25(2)16(11-12-26(25,3)24(35)36)21(31)30-19(23(33)34)13-14-7-9-15(10-8-14)29-22(32)20-17(27)5-4-6-18(20)28/h14-20H,4-13H2,1-3H3,(H,29,32)(H,30,31)(H,33,34)(H,35,36)/t14?,15?,16-,17?,18?,19+,20?,26+/m1/s1. The molecule has 0 spiro atoms. The number of hydrogen-bond acceptors (Lipinski definition) is 4. The fourth-order valence-corrected chi connectivity index (χ4v) is 7.39. The van der Waals surface area contributed by atoms with Crippen molar-refractivity contribution in [2.45, 2.75) is 108 Å². The first-order valence-corrected chi connectivity index (χ1v) is 14.0. The van der Waals surface area contributed by atoms with Crippen LogP contribution in [-0.4, -0.2) is 56.8 Å². The molecule has 3 fully saturated rings. The second-order valence-corrected chi connectivity index (χ2v) is 12.9. The molecular weight excluding hydrogens is 507 g/mol. The van der Waals surface area contributed by atoms with Gasteiger partial charge < -0.3 is 20.8 Å². The van der Waals surface area contributed by atoms with Crippen molar-refractivity contribution in [1.82, 2.24) is 10.6 Å². The van der Waals surface area contributed by atoms with Crippen LogP contribution in [0.2, 0.25) is 0 Å². The predicted octanol–water partition coefficient (Wildman–Crippen LogP) is 4.16. The first kappa shape index (κ1) is 29.0. The molecule has 0 aromatic carbocycles. The first-order chi connectivity index (χ1) is 16.8. The van der Waals surface area contributed by atoms with Gasteiger partial charge in [0.25, 0.3) is 0 Å². The Morgan fingerprint density at radius 1 is 0.889 bits per heavy atom. The smallest absolute Gasteiger partial charge is 0.326 e. The van der Waals surface area contributed by atoms with Crippen molar-refractivity contribution >= 4 is 47.0 Å². The Labute approximate surface area is 223 Å². The first-order valence-electron chi connectivity index (χ1n) is 13.1. The molecule has 2 amide bonds. The van der Waals surface area contributed by atoms with Crippen molar-refractivity contribution in [2.75, 3.05) is 0 Å². The van der Waals surface area contributed by atoms with Crippen LogP contribution in [0.15, 0.2) is 0 Å². The summed E-state index contributed by atoms with van der Waals surface area (Å²) in [6, 6.07) is -1.02. The quantitative estimate of drug-likeness (QED) is 0.338. The highest BCUT2D eigenvalue weighted by Gasteiger charge is 2.58. The lowest BCUT2D eigenvalue weighted by atomic mass is 9.65. The minimum atomic E-state index is -1.09. The summed E-state index contributed by atoms with van der Waals surface area (Å²) >= 11 is 12.7. The molecule has 204 valence electrons. The van der Waals surface area contributed by atoms with E-state index >= 15 is 0 Å². The number of rotatable bonds is 8.